The largest absolute Gasteiger partial charge is 0.373 e. The Morgan fingerprint density at radius 3 is 1.24 bits per heavy atom. The number of hydrogen-bond acceptors (Lipinski definition) is 3. The predicted molar refractivity (Wildman–Crippen MR) is 89.9 cm³/mol. The van der Waals surface area contributed by atoms with Crippen molar-refractivity contribution in [3.8, 4) is 0 Å². The van der Waals surface area contributed by atoms with Gasteiger partial charge in [0, 0.05) is 0 Å². The van der Waals surface area contributed by atoms with Crippen molar-refractivity contribution in [3.05, 3.63) is 0 Å². The maximum absolute atomic E-state index is 6.22. The van der Waals surface area contributed by atoms with Gasteiger partial charge in [0.05, 0.1) is 30.0 Å². The van der Waals surface area contributed by atoms with Gasteiger partial charge >= 0.3 is 0 Å². The molecule has 0 N–H and O–H groups in total. The van der Waals surface area contributed by atoms with Gasteiger partial charge in [-0.3, -0.25) is 0 Å². The molecule has 0 aliphatic carbocycles. The summed E-state index contributed by atoms with van der Waals surface area (Å²) in [4.78, 5) is 0. The van der Waals surface area contributed by atoms with E-state index in [4.69, 9.17) is 14.2 Å². The Kier molecular flexibility index (Phi) is 8.45. The van der Waals surface area contributed by atoms with E-state index in [9.17, 15) is 0 Å². The van der Waals surface area contributed by atoms with E-state index < -0.39 is 0 Å². The molecule has 0 aliphatic heterocycles. The molecule has 21 heavy (non-hydrogen) atoms. The third-order valence-corrected chi connectivity index (χ3v) is 4.36. The first-order chi connectivity index (χ1) is 9.47. The minimum Gasteiger partial charge on any atom is -0.373 e. The second-order valence-corrected chi connectivity index (χ2v) is 7.70. The van der Waals surface area contributed by atoms with Gasteiger partial charge in [0.1, 0.15) is 6.10 Å². The fourth-order valence-corrected chi connectivity index (χ4v) is 1.49. The van der Waals surface area contributed by atoms with Crippen molar-refractivity contribution in [1.29, 1.82) is 0 Å². The first-order valence-corrected chi connectivity index (χ1v) is 8.42. The summed E-state index contributed by atoms with van der Waals surface area (Å²) in [5, 5.41) is 0. The van der Waals surface area contributed by atoms with E-state index in [-0.39, 0.29) is 22.9 Å². The molecule has 3 heteroatoms. The molecule has 0 aromatic rings. The van der Waals surface area contributed by atoms with Crippen LogP contribution in [0.2, 0.25) is 0 Å². The Morgan fingerprint density at radius 1 is 0.619 bits per heavy atom. The molecule has 0 aromatic heterocycles. The Bertz CT molecular complexity index is 262. The summed E-state index contributed by atoms with van der Waals surface area (Å²) in [7, 11) is 0. The zero-order valence-corrected chi connectivity index (χ0v) is 15.8. The van der Waals surface area contributed by atoms with Crippen LogP contribution in [0.5, 0.6) is 0 Å². The maximum Gasteiger partial charge on any atom is 0.105 e. The molecule has 0 amide bonds. The summed E-state index contributed by atoms with van der Waals surface area (Å²) < 4.78 is 18.3. The molecule has 0 aliphatic rings. The van der Waals surface area contributed by atoms with Gasteiger partial charge in [-0.25, -0.2) is 0 Å². The summed E-state index contributed by atoms with van der Waals surface area (Å²) in [6.45, 7) is 20.3. The Labute approximate surface area is 132 Å². The average Bonchev–Trinajstić information content (AvgIpc) is 2.42. The predicted octanol–water partition coefficient (Wildman–Crippen LogP) is 4.97. The highest BCUT2D eigenvalue weighted by Crippen LogP contribution is 2.21. The lowest BCUT2D eigenvalue weighted by Crippen LogP contribution is -2.40. The van der Waals surface area contributed by atoms with Crippen molar-refractivity contribution in [2.24, 2.45) is 0 Å². The van der Waals surface area contributed by atoms with Crippen molar-refractivity contribution in [2.45, 2.75) is 104 Å². The Hall–Kier alpha value is -0.120. The lowest BCUT2D eigenvalue weighted by Gasteiger charge is -2.34. The van der Waals surface area contributed by atoms with Crippen LogP contribution in [0.1, 0.15) is 81.6 Å². The van der Waals surface area contributed by atoms with Crippen molar-refractivity contribution >= 4 is 0 Å². The van der Waals surface area contributed by atoms with Gasteiger partial charge in [-0.05, 0) is 60.8 Å². The van der Waals surface area contributed by atoms with Crippen LogP contribution in [-0.4, -0.2) is 36.1 Å². The van der Waals surface area contributed by atoms with Crippen LogP contribution >= 0.6 is 0 Å². The zero-order valence-electron chi connectivity index (χ0n) is 15.8. The molecule has 0 fully saturated rings. The topological polar surface area (TPSA) is 27.7 Å². The Morgan fingerprint density at radius 2 is 0.952 bits per heavy atom. The molecule has 0 heterocycles. The third kappa shape index (κ3) is 9.49. The van der Waals surface area contributed by atoms with Crippen LogP contribution in [0.3, 0.4) is 0 Å². The molecule has 0 bridgehead atoms. The van der Waals surface area contributed by atoms with E-state index in [0.717, 1.165) is 19.3 Å². The normalized spacial score (nSPS) is 14.0. The molecule has 0 radical (unpaired) electrons. The lowest BCUT2D eigenvalue weighted by atomic mass is 10.1. The number of rotatable bonds is 11. The van der Waals surface area contributed by atoms with Gasteiger partial charge in [-0.1, -0.05) is 20.8 Å². The lowest BCUT2D eigenvalue weighted by molar-refractivity contribution is -0.166. The maximum atomic E-state index is 6.22. The molecule has 0 saturated carbocycles. The summed E-state index contributed by atoms with van der Waals surface area (Å²) in [6.07, 6.45) is 2.91. The molecular weight excluding hydrogens is 264 g/mol. The van der Waals surface area contributed by atoms with Gasteiger partial charge in [0.15, 0.2) is 0 Å². The minimum absolute atomic E-state index is 0.0309. The van der Waals surface area contributed by atoms with Crippen LogP contribution in [0.15, 0.2) is 0 Å². The minimum atomic E-state index is -0.149. The van der Waals surface area contributed by atoms with Gasteiger partial charge in [0.2, 0.25) is 0 Å². The van der Waals surface area contributed by atoms with Gasteiger partial charge < -0.3 is 14.2 Å². The second-order valence-electron chi connectivity index (χ2n) is 7.70. The fourth-order valence-electron chi connectivity index (χ4n) is 1.49. The van der Waals surface area contributed by atoms with E-state index in [1.54, 1.807) is 0 Å². The molecule has 0 aromatic carbocycles. The number of hydrogen-bond donors (Lipinski definition) is 0. The van der Waals surface area contributed by atoms with E-state index >= 15 is 0 Å². The van der Waals surface area contributed by atoms with Gasteiger partial charge in [-0.2, -0.15) is 0 Å². The summed E-state index contributed by atoms with van der Waals surface area (Å²) >= 11 is 0. The monoisotopic (exact) mass is 302 g/mol. The van der Waals surface area contributed by atoms with Crippen LogP contribution in [-0.2, 0) is 14.2 Å². The highest BCUT2D eigenvalue weighted by Gasteiger charge is 2.27. The SMILES string of the molecule is CCC(C)(C)OCC(COC(C)(C)CC)OC(C)(C)CC. The smallest absolute Gasteiger partial charge is 0.105 e. The zero-order chi connectivity index (χ0) is 16.7. The third-order valence-electron chi connectivity index (χ3n) is 4.36. The van der Waals surface area contributed by atoms with Gasteiger partial charge in [-0.15, -0.1) is 0 Å². The molecule has 0 rings (SSSR count). The van der Waals surface area contributed by atoms with Crippen LogP contribution in [0.25, 0.3) is 0 Å². The van der Waals surface area contributed by atoms with Crippen LogP contribution in [0.4, 0.5) is 0 Å². The van der Waals surface area contributed by atoms with Gasteiger partial charge in [0.25, 0.3) is 0 Å². The molecule has 0 atom stereocenters. The van der Waals surface area contributed by atoms with Crippen molar-refractivity contribution < 1.29 is 14.2 Å². The summed E-state index contributed by atoms with van der Waals surface area (Å²) in [5.41, 5.74) is -0.374. The van der Waals surface area contributed by atoms with Crippen molar-refractivity contribution in [3.63, 3.8) is 0 Å². The molecule has 0 spiro atoms. The van der Waals surface area contributed by atoms with Crippen molar-refractivity contribution in [2.75, 3.05) is 13.2 Å². The van der Waals surface area contributed by atoms with Crippen LogP contribution in [0, 0.1) is 0 Å². The summed E-state index contributed by atoms with van der Waals surface area (Å²) in [6, 6.07) is 0. The van der Waals surface area contributed by atoms with E-state index in [0.29, 0.717) is 13.2 Å². The Balaban J connectivity index is 4.62. The average molecular weight is 302 g/mol. The first-order valence-electron chi connectivity index (χ1n) is 8.42. The molecule has 3 nitrogen and oxygen atoms in total. The standard InChI is InChI=1S/C18H38O3/c1-10-16(4,5)19-13-15(21-18(8,9)12-3)14-20-17(6,7)11-2/h15H,10-14H2,1-9H3. The highest BCUT2D eigenvalue weighted by molar-refractivity contribution is 4.74. The molecule has 0 saturated heterocycles. The molecule has 0 unspecified atom stereocenters. The quantitative estimate of drug-likeness (QED) is 0.539. The highest BCUT2D eigenvalue weighted by atomic mass is 16.6. The van der Waals surface area contributed by atoms with E-state index in [1.165, 1.54) is 0 Å². The van der Waals surface area contributed by atoms with E-state index in [1.807, 2.05) is 0 Å². The first kappa shape index (κ1) is 20.9. The molecular formula is C18H38O3. The molecule has 128 valence electrons. The second kappa shape index (κ2) is 8.50. The fraction of sp³-hybridized carbons (Fsp3) is 1.00. The number of ether oxygens (including phenoxy) is 3. The van der Waals surface area contributed by atoms with E-state index in [2.05, 4.69) is 62.3 Å². The van der Waals surface area contributed by atoms with Crippen molar-refractivity contribution in [1.82, 2.24) is 0 Å². The summed E-state index contributed by atoms with van der Waals surface area (Å²) in [5.74, 6) is 0. The van der Waals surface area contributed by atoms with Crippen LogP contribution < -0.4 is 0 Å².